The smallest absolute Gasteiger partial charge is 0.405 e. The Kier molecular flexibility index (Phi) is 3.32. The number of fused-ring (bicyclic) bond motifs is 1. The Morgan fingerprint density at radius 2 is 2.11 bits per heavy atom. The van der Waals surface area contributed by atoms with Gasteiger partial charge in [-0.05, 0) is 12.5 Å². The highest BCUT2D eigenvalue weighted by molar-refractivity contribution is 6.10. The minimum atomic E-state index is -1.19. The number of carbonyl (C=O) groups excluding carboxylic acids is 1. The SMILES string of the molecule is CC[C@@H](NC(=O)O)C(=O)c1c[nH]c2ccccc12. The summed E-state index contributed by atoms with van der Waals surface area (Å²) in [6.45, 7) is 1.77. The third kappa shape index (κ3) is 2.20. The van der Waals surface area contributed by atoms with Crippen LogP contribution in [0.1, 0.15) is 23.7 Å². The van der Waals surface area contributed by atoms with Crippen molar-refractivity contribution >= 4 is 22.8 Å². The second-order valence-corrected chi connectivity index (χ2v) is 4.02. The molecule has 0 aliphatic heterocycles. The molecule has 0 aliphatic carbocycles. The average molecular weight is 246 g/mol. The van der Waals surface area contributed by atoms with Crippen LogP contribution in [-0.2, 0) is 0 Å². The highest BCUT2D eigenvalue weighted by Crippen LogP contribution is 2.19. The number of amides is 1. The van der Waals surface area contributed by atoms with Gasteiger partial charge in [0.1, 0.15) is 0 Å². The van der Waals surface area contributed by atoms with Crippen molar-refractivity contribution < 1.29 is 14.7 Å². The van der Waals surface area contributed by atoms with Crippen molar-refractivity contribution in [3.63, 3.8) is 0 Å². The first-order valence-corrected chi connectivity index (χ1v) is 5.73. The Morgan fingerprint density at radius 1 is 1.39 bits per heavy atom. The van der Waals surface area contributed by atoms with Gasteiger partial charge < -0.3 is 15.4 Å². The number of hydrogen-bond acceptors (Lipinski definition) is 2. The van der Waals surface area contributed by atoms with Crippen LogP contribution in [0.2, 0.25) is 0 Å². The van der Waals surface area contributed by atoms with Crippen LogP contribution in [0.15, 0.2) is 30.5 Å². The molecule has 3 N–H and O–H groups in total. The molecule has 2 rings (SSSR count). The van der Waals surface area contributed by atoms with Gasteiger partial charge in [-0.25, -0.2) is 4.79 Å². The molecule has 2 aromatic rings. The van der Waals surface area contributed by atoms with E-state index in [2.05, 4.69) is 10.3 Å². The zero-order valence-electron chi connectivity index (χ0n) is 9.93. The molecule has 0 bridgehead atoms. The zero-order valence-corrected chi connectivity index (χ0v) is 9.93. The van der Waals surface area contributed by atoms with Gasteiger partial charge in [0, 0.05) is 22.7 Å². The van der Waals surface area contributed by atoms with Crippen LogP contribution in [-0.4, -0.2) is 28.0 Å². The minimum Gasteiger partial charge on any atom is -0.465 e. The molecule has 0 aliphatic rings. The number of hydrogen-bond donors (Lipinski definition) is 3. The molecule has 5 heteroatoms. The first kappa shape index (κ1) is 12.2. The number of nitrogens with one attached hydrogen (secondary N) is 2. The van der Waals surface area contributed by atoms with E-state index in [4.69, 9.17) is 5.11 Å². The van der Waals surface area contributed by atoms with Crippen LogP contribution in [0.3, 0.4) is 0 Å². The standard InChI is InChI=1S/C13H14N2O3/c1-2-10(15-13(17)18)12(16)9-7-14-11-6-4-3-5-8(9)11/h3-7,10,14-15H,2H2,1H3,(H,17,18)/t10-/m1/s1. The monoisotopic (exact) mass is 246 g/mol. The van der Waals surface area contributed by atoms with Gasteiger partial charge >= 0.3 is 6.09 Å². The van der Waals surface area contributed by atoms with Gasteiger partial charge in [0.2, 0.25) is 0 Å². The molecular formula is C13H14N2O3. The number of H-pyrrole nitrogens is 1. The predicted molar refractivity (Wildman–Crippen MR) is 67.9 cm³/mol. The lowest BCUT2D eigenvalue weighted by Crippen LogP contribution is -2.39. The van der Waals surface area contributed by atoms with Gasteiger partial charge in [0.15, 0.2) is 5.78 Å². The molecule has 0 saturated heterocycles. The lowest BCUT2D eigenvalue weighted by atomic mass is 10.0. The number of rotatable bonds is 4. The molecule has 1 amide bonds. The van der Waals surface area contributed by atoms with Crippen LogP contribution in [0.4, 0.5) is 4.79 Å². The van der Waals surface area contributed by atoms with Crippen LogP contribution < -0.4 is 5.32 Å². The maximum atomic E-state index is 12.2. The zero-order chi connectivity index (χ0) is 13.1. The van der Waals surface area contributed by atoms with E-state index in [9.17, 15) is 9.59 Å². The van der Waals surface area contributed by atoms with Crippen LogP contribution in [0.25, 0.3) is 10.9 Å². The molecule has 94 valence electrons. The van der Waals surface area contributed by atoms with Crippen LogP contribution in [0.5, 0.6) is 0 Å². The first-order chi connectivity index (χ1) is 8.63. The number of Topliss-reactive ketones (excluding diaryl/α,β-unsaturated/α-hetero) is 1. The molecule has 18 heavy (non-hydrogen) atoms. The highest BCUT2D eigenvalue weighted by Gasteiger charge is 2.22. The lowest BCUT2D eigenvalue weighted by molar-refractivity contribution is 0.0936. The molecule has 1 heterocycles. The maximum absolute atomic E-state index is 12.2. The van der Waals surface area contributed by atoms with E-state index in [1.54, 1.807) is 13.1 Å². The van der Waals surface area contributed by atoms with E-state index in [1.165, 1.54) is 0 Å². The Labute approximate surface area is 104 Å². The van der Waals surface area contributed by atoms with Gasteiger partial charge in [-0.15, -0.1) is 0 Å². The van der Waals surface area contributed by atoms with Gasteiger partial charge in [-0.3, -0.25) is 4.79 Å². The lowest BCUT2D eigenvalue weighted by Gasteiger charge is -2.12. The van der Waals surface area contributed by atoms with Crippen molar-refractivity contribution in [2.75, 3.05) is 0 Å². The van der Waals surface area contributed by atoms with Crippen LogP contribution >= 0.6 is 0 Å². The molecule has 0 unspecified atom stereocenters. The van der Waals surface area contributed by atoms with Crippen molar-refractivity contribution in [2.24, 2.45) is 0 Å². The number of para-hydroxylation sites is 1. The van der Waals surface area contributed by atoms with Crippen molar-refractivity contribution in [2.45, 2.75) is 19.4 Å². The highest BCUT2D eigenvalue weighted by atomic mass is 16.4. The van der Waals surface area contributed by atoms with Crippen molar-refractivity contribution in [3.8, 4) is 0 Å². The minimum absolute atomic E-state index is 0.211. The van der Waals surface area contributed by atoms with E-state index in [0.717, 1.165) is 10.9 Å². The van der Waals surface area contributed by atoms with Gasteiger partial charge in [-0.2, -0.15) is 0 Å². The van der Waals surface area contributed by atoms with Gasteiger partial charge in [-0.1, -0.05) is 25.1 Å². The topological polar surface area (TPSA) is 82.2 Å². The molecule has 0 fully saturated rings. The summed E-state index contributed by atoms with van der Waals surface area (Å²) >= 11 is 0. The average Bonchev–Trinajstić information content (AvgIpc) is 2.78. The van der Waals surface area contributed by atoms with E-state index >= 15 is 0 Å². The van der Waals surface area contributed by atoms with E-state index < -0.39 is 12.1 Å². The number of carbonyl (C=O) groups is 2. The Morgan fingerprint density at radius 3 is 2.78 bits per heavy atom. The summed E-state index contributed by atoms with van der Waals surface area (Å²) in [5.74, 6) is -0.211. The quantitative estimate of drug-likeness (QED) is 0.724. The Balaban J connectivity index is 2.35. The number of benzene rings is 1. The van der Waals surface area contributed by atoms with Crippen molar-refractivity contribution in [3.05, 3.63) is 36.0 Å². The summed E-state index contributed by atoms with van der Waals surface area (Å²) in [7, 11) is 0. The number of aromatic amines is 1. The second kappa shape index (κ2) is 4.91. The fourth-order valence-electron chi connectivity index (χ4n) is 1.97. The molecule has 5 nitrogen and oxygen atoms in total. The van der Waals surface area contributed by atoms with Gasteiger partial charge in [0.05, 0.1) is 6.04 Å². The molecule has 1 atom stereocenters. The van der Waals surface area contributed by atoms with E-state index in [-0.39, 0.29) is 5.78 Å². The fraction of sp³-hybridized carbons (Fsp3) is 0.231. The van der Waals surface area contributed by atoms with E-state index in [0.29, 0.717) is 12.0 Å². The van der Waals surface area contributed by atoms with Gasteiger partial charge in [0.25, 0.3) is 0 Å². The molecule has 1 aromatic carbocycles. The summed E-state index contributed by atoms with van der Waals surface area (Å²) in [6, 6.07) is 6.73. The molecule has 1 aromatic heterocycles. The maximum Gasteiger partial charge on any atom is 0.405 e. The van der Waals surface area contributed by atoms with Crippen molar-refractivity contribution in [1.29, 1.82) is 0 Å². The Hall–Kier alpha value is -2.30. The first-order valence-electron chi connectivity index (χ1n) is 5.73. The summed E-state index contributed by atoms with van der Waals surface area (Å²) < 4.78 is 0. The predicted octanol–water partition coefficient (Wildman–Crippen LogP) is 2.40. The fourth-order valence-corrected chi connectivity index (χ4v) is 1.97. The van der Waals surface area contributed by atoms with E-state index in [1.807, 2.05) is 24.3 Å². The normalized spacial score (nSPS) is 12.3. The summed E-state index contributed by atoms with van der Waals surface area (Å²) in [5.41, 5.74) is 1.39. The number of aromatic nitrogens is 1. The van der Waals surface area contributed by atoms with Crippen molar-refractivity contribution in [1.82, 2.24) is 10.3 Å². The molecule has 0 spiro atoms. The Bertz CT molecular complexity index is 589. The molecule has 0 saturated carbocycles. The molecular weight excluding hydrogens is 232 g/mol. The number of ketones is 1. The summed E-state index contributed by atoms with van der Waals surface area (Å²) in [4.78, 5) is 25.9. The van der Waals surface area contributed by atoms with Crippen LogP contribution in [0, 0.1) is 0 Å². The largest absolute Gasteiger partial charge is 0.465 e. The summed E-state index contributed by atoms with van der Waals surface area (Å²) in [6.07, 6.45) is 0.860. The number of carboxylic acid groups (broad SMARTS) is 1. The second-order valence-electron chi connectivity index (χ2n) is 4.02. The molecule has 0 radical (unpaired) electrons. The summed E-state index contributed by atoms with van der Waals surface area (Å²) in [5, 5.41) is 11.8. The third-order valence-electron chi connectivity index (χ3n) is 2.88. The third-order valence-corrected chi connectivity index (χ3v) is 2.88.